The van der Waals surface area contributed by atoms with Gasteiger partial charge in [-0.25, -0.2) is 8.78 Å². The van der Waals surface area contributed by atoms with Gasteiger partial charge in [-0.2, -0.15) is 13.9 Å². The standard InChI is InChI=1S/C8H5F4O/c1-4-2-3-5(8(11,12)13)7(10)6(4)9/h2-3H,1H3. The lowest BCUT2D eigenvalue weighted by molar-refractivity contribution is -0.254. The van der Waals surface area contributed by atoms with Crippen molar-refractivity contribution in [3.05, 3.63) is 34.9 Å². The van der Waals surface area contributed by atoms with Gasteiger partial charge >= 0.3 is 6.11 Å². The number of rotatable bonds is 1. The Morgan fingerprint density at radius 2 is 1.69 bits per heavy atom. The molecule has 1 aromatic carbocycles. The van der Waals surface area contributed by atoms with Crippen LogP contribution in [0.3, 0.4) is 0 Å². The van der Waals surface area contributed by atoms with Crippen LogP contribution < -0.4 is 0 Å². The lowest BCUT2D eigenvalue weighted by atomic mass is 10.1. The molecule has 0 atom stereocenters. The lowest BCUT2D eigenvalue weighted by Gasteiger charge is -2.08. The molecule has 0 spiro atoms. The summed E-state index contributed by atoms with van der Waals surface area (Å²) in [7, 11) is 0. The summed E-state index contributed by atoms with van der Waals surface area (Å²) in [6, 6.07) is 1.51. The molecule has 0 aliphatic heterocycles. The molecular weight excluding hydrogens is 188 g/mol. The SMILES string of the molecule is Cc1ccc(C([O])(F)F)c(F)c1F. The molecule has 0 aliphatic carbocycles. The van der Waals surface area contributed by atoms with Gasteiger partial charge in [-0.3, -0.25) is 0 Å². The Kier molecular flexibility index (Phi) is 2.30. The van der Waals surface area contributed by atoms with Gasteiger partial charge in [0.15, 0.2) is 11.6 Å². The molecule has 0 amide bonds. The summed E-state index contributed by atoms with van der Waals surface area (Å²) in [4.78, 5) is 0. The summed E-state index contributed by atoms with van der Waals surface area (Å²) in [6.45, 7) is 1.21. The summed E-state index contributed by atoms with van der Waals surface area (Å²) >= 11 is 0. The van der Waals surface area contributed by atoms with Crippen molar-refractivity contribution in [1.82, 2.24) is 0 Å². The zero-order valence-corrected chi connectivity index (χ0v) is 6.57. The van der Waals surface area contributed by atoms with E-state index in [0.29, 0.717) is 6.07 Å². The molecule has 0 unspecified atom stereocenters. The maximum absolute atomic E-state index is 12.7. The molecule has 5 heteroatoms. The van der Waals surface area contributed by atoms with E-state index < -0.39 is 23.3 Å². The van der Waals surface area contributed by atoms with Crippen molar-refractivity contribution < 1.29 is 22.7 Å². The van der Waals surface area contributed by atoms with Gasteiger partial charge in [-0.15, -0.1) is 0 Å². The van der Waals surface area contributed by atoms with E-state index in [1.54, 1.807) is 0 Å². The highest BCUT2D eigenvalue weighted by Gasteiger charge is 2.35. The third kappa shape index (κ3) is 1.80. The average molecular weight is 193 g/mol. The fourth-order valence-corrected chi connectivity index (χ4v) is 0.871. The van der Waals surface area contributed by atoms with E-state index in [2.05, 4.69) is 0 Å². The van der Waals surface area contributed by atoms with Crippen LogP contribution in [0, 0.1) is 18.6 Å². The molecule has 0 saturated carbocycles. The quantitative estimate of drug-likeness (QED) is 0.611. The van der Waals surface area contributed by atoms with Crippen molar-refractivity contribution in [3.63, 3.8) is 0 Å². The maximum Gasteiger partial charge on any atom is 0.411 e. The number of alkyl halides is 2. The summed E-state index contributed by atoms with van der Waals surface area (Å²) < 4.78 is 49.5. The molecule has 0 N–H and O–H groups in total. The highest BCUT2D eigenvalue weighted by atomic mass is 19.3. The maximum atomic E-state index is 12.7. The zero-order chi connectivity index (χ0) is 10.2. The van der Waals surface area contributed by atoms with Crippen molar-refractivity contribution in [1.29, 1.82) is 0 Å². The van der Waals surface area contributed by atoms with Crippen LogP contribution in [-0.2, 0) is 11.2 Å². The van der Waals surface area contributed by atoms with Crippen LogP contribution in [0.2, 0.25) is 0 Å². The number of aryl methyl sites for hydroxylation is 1. The van der Waals surface area contributed by atoms with Gasteiger partial charge in [0.05, 0.1) is 5.56 Å². The fraction of sp³-hybridized carbons (Fsp3) is 0.250. The third-order valence-corrected chi connectivity index (χ3v) is 1.59. The van der Waals surface area contributed by atoms with E-state index >= 15 is 0 Å². The van der Waals surface area contributed by atoms with Crippen LogP contribution in [0.5, 0.6) is 0 Å². The highest BCUT2D eigenvalue weighted by Crippen LogP contribution is 2.29. The minimum Gasteiger partial charge on any atom is -0.203 e. The van der Waals surface area contributed by atoms with Crippen molar-refractivity contribution in [2.24, 2.45) is 0 Å². The van der Waals surface area contributed by atoms with Gasteiger partial charge in [-0.1, -0.05) is 6.07 Å². The second-order valence-corrected chi connectivity index (χ2v) is 2.57. The minimum atomic E-state index is -4.60. The van der Waals surface area contributed by atoms with Gasteiger partial charge in [0.1, 0.15) is 0 Å². The Hall–Kier alpha value is -1.10. The summed E-state index contributed by atoms with van der Waals surface area (Å²) in [5, 5.41) is 10.0. The molecule has 1 radical (unpaired) electrons. The van der Waals surface area contributed by atoms with E-state index in [-0.39, 0.29) is 5.56 Å². The summed E-state index contributed by atoms with van der Waals surface area (Å²) in [5.74, 6) is -3.19. The van der Waals surface area contributed by atoms with Gasteiger partial charge in [0, 0.05) is 0 Å². The van der Waals surface area contributed by atoms with E-state index in [0.717, 1.165) is 6.07 Å². The van der Waals surface area contributed by atoms with Crippen molar-refractivity contribution >= 4 is 0 Å². The topological polar surface area (TPSA) is 19.9 Å². The first-order chi connectivity index (χ1) is 5.84. The van der Waals surface area contributed by atoms with Crippen LogP contribution in [0.15, 0.2) is 12.1 Å². The lowest BCUT2D eigenvalue weighted by Crippen LogP contribution is -2.13. The van der Waals surface area contributed by atoms with E-state index in [1.165, 1.54) is 6.92 Å². The largest absolute Gasteiger partial charge is 0.411 e. The third-order valence-electron chi connectivity index (χ3n) is 1.59. The fourth-order valence-electron chi connectivity index (χ4n) is 0.871. The number of halogens is 4. The minimum absolute atomic E-state index is 0.120. The van der Waals surface area contributed by atoms with Crippen molar-refractivity contribution in [2.45, 2.75) is 13.0 Å². The molecule has 71 valence electrons. The average Bonchev–Trinajstić information content (AvgIpc) is 1.98. The van der Waals surface area contributed by atoms with Crippen LogP contribution in [0.4, 0.5) is 17.6 Å². The summed E-state index contributed by atoms with van der Waals surface area (Å²) in [6.07, 6.45) is -4.60. The van der Waals surface area contributed by atoms with Crippen molar-refractivity contribution in [3.8, 4) is 0 Å². The Morgan fingerprint density at radius 3 is 2.15 bits per heavy atom. The Labute approximate surface area is 71.6 Å². The second kappa shape index (κ2) is 2.99. The number of hydrogen-bond acceptors (Lipinski definition) is 0. The molecule has 1 rings (SSSR count). The highest BCUT2D eigenvalue weighted by molar-refractivity contribution is 5.27. The predicted molar refractivity (Wildman–Crippen MR) is 35.7 cm³/mol. The van der Waals surface area contributed by atoms with Crippen LogP contribution >= 0.6 is 0 Å². The van der Waals surface area contributed by atoms with Crippen LogP contribution in [0.25, 0.3) is 0 Å². The molecule has 0 heterocycles. The molecule has 0 aromatic heterocycles. The molecule has 0 aliphatic rings. The van der Waals surface area contributed by atoms with Crippen LogP contribution in [-0.4, -0.2) is 0 Å². The Balaban J connectivity index is 3.35. The first kappa shape index (κ1) is 9.98. The molecule has 0 fully saturated rings. The summed E-state index contributed by atoms with van der Waals surface area (Å²) in [5.41, 5.74) is -1.58. The van der Waals surface area contributed by atoms with E-state index in [4.69, 9.17) is 0 Å². The molecule has 1 aromatic rings. The zero-order valence-electron chi connectivity index (χ0n) is 6.57. The van der Waals surface area contributed by atoms with Crippen LogP contribution in [0.1, 0.15) is 11.1 Å². The van der Waals surface area contributed by atoms with E-state index in [1.807, 2.05) is 0 Å². The molecule has 1 nitrogen and oxygen atoms in total. The van der Waals surface area contributed by atoms with Gasteiger partial charge in [-0.05, 0) is 18.6 Å². The van der Waals surface area contributed by atoms with Gasteiger partial charge in [0.2, 0.25) is 0 Å². The Bertz CT molecular complexity index is 330. The van der Waals surface area contributed by atoms with Gasteiger partial charge < -0.3 is 0 Å². The van der Waals surface area contributed by atoms with Crippen molar-refractivity contribution in [2.75, 3.05) is 0 Å². The smallest absolute Gasteiger partial charge is 0.203 e. The molecule has 0 saturated heterocycles. The molecular formula is C8H5F4O. The predicted octanol–water partition coefficient (Wildman–Crippen LogP) is 2.75. The first-order valence-electron chi connectivity index (χ1n) is 3.37. The number of hydrogen-bond donors (Lipinski definition) is 0. The first-order valence-corrected chi connectivity index (χ1v) is 3.37. The van der Waals surface area contributed by atoms with E-state index in [9.17, 15) is 22.7 Å². The van der Waals surface area contributed by atoms with Gasteiger partial charge in [0.25, 0.3) is 0 Å². The monoisotopic (exact) mass is 193 g/mol. The molecule has 13 heavy (non-hydrogen) atoms. The second-order valence-electron chi connectivity index (χ2n) is 2.57. The number of benzene rings is 1. The molecule has 0 bridgehead atoms. The normalized spacial score (nSPS) is 11.8. The Morgan fingerprint density at radius 1 is 1.15 bits per heavy atom.